The number of amides is 2. The van der Waals surface area contributed by atoms with Gasteiger partial charge in [-0.05, 0) is 19.3 Å². The predicted octanol–water partition coefficient (Wildman–Crippen LogP) is 3.17. The van der Waals surface area contributed by atoms with Crippen molar-refractivity contribution in [2.75, 3.05) is 26.4 Å². The fourth-order valence-electron chi connectivity index (χ4n) is 10.9. The van der Waals surface area contributed by atoms with Gasteiger partial charge in [0.25, 0.3) is 5.79 Å². The summed E-state index contributed by atoms with van der Waals surface area (Å²) in [6.07, 6.45) is 5.61. The Labute approximate surface area is 486 Å². The first-order valence-electron chi connectivity index (χ1n) is 31.1. The summed E-state index contributed by atoms with van der Waals surface area (Å²) in [6, 6.07) is -2.61. The highest BCUT2D eigenvalue weighted by molar-refractivity contribution is 5.77. The number of aliphatic hydroxyl groups is 11. The van der Waals surface area contributed by atoms with Gasteiger partial charge in [-0.15, -0.1) is 0 Å². The van der Waals surface area contributed by atoms with Gasteiger partial charge in [-0.2, -0.15) is 0 Å². The Morgan fingerprint density at radius 2 is 1.13 bits per heavy atom. The van der Waals surface area contributed by atoms with Gasteiger partial charge in [0, 0.05) is 19.8 Å². The Morgan fingerprint density at radius 1 is 0.634 bits per heavy atom. The third-order valence-corrected chi connectivity index (χ3v) is 16.0. The highest BCUT2D eigenvalue weighted by Crippen LogP contribution is 2.38. The number of carbonyl (C=O) groups excluding carboxylic acids is 2. The first-order chi connectivity index (χ1) is 39.4. The van der Waals surface area contributed by atoms with Crippen LogP contribution in [-0.2, 0) is 42.8 Å². The van der Waals surface area contributed by atoms with E-state index in [2.05, 4.69) is 24.5 Å². The molecular weight excluding hydrogens is 1070 g/mol. The zero-order valence-electron chi connectivity index (χ0n) is 49.3. The maximum atomic E-state index is 13.4. The van der Waals surface area contributed by atoms with Gasteiger partial charge >= 0.3 is 5.97 Å². The summed E-state index contributed by atoms with van der Waals surface area (Å²) < 4.78 is 34.7. The second-order valence-corrected chi connectivity index (χ2v) is 22.9. The smallest absolute Gasteiger partial charge is 0.364 e. The number of hydrogen-bond donors (Lipinski definition) is 14. The molecule has 2 amide bonds. The fourth-order valence-corrected chi connectivity index (χ4v) is 10.9. The van der Waals surface area contributed by atoms with E-state index < -0.39 is 155 Å². The first-order valence-corrected chi connectivity index (χ1v) is 31.1. The predicted molar refractivity (Wildman–Crippen MR) is 301 cm³/mol. The zero-order chi connectivity index (χ0) is 60.5. The zero-order valence-corrected chi connectivity index (χ0v) is 49.3. The van der Waals surface area contributed by atoms with Crippen LogP contribution in [0.4, 0.5) is 0 Å². The molecule has 0 aliphatic carbocycles. The van der Waals surface area contributed by atoms with Gasteiger partial charge in [-0.1, -0.05) is 180 Å². The highest BCUT2D eigenvalue weighted by atomic mass is 16.8. The van der Waals surface area contributed by atoms with E-state index in [9.17, 15) is 75.7 Å². The quantitative estimate of drug-likeness (QED) is 0.0307. The number of ether oxygens (including phenoxy) is 6. The molecule has 480 valence electrons. The lowest BCUT2D eigenvalue weighted by Gasteiger charge is -2.50. The van der Waals surface area contributed by atoms with E-state index >= 15 is 0 Å². The molecule has 0 saturated carbocycles. The molecule has 82 heavy (non-hydrogen) atoms. The Bertz CT molecular complexity index is 1740. The number of aliphatic hydroxyl groups excluding tert-OH is 11. The van der Waals surface area contributed by atoms with Crippen molar-refractivity contribution in [1.82, 2.24) is 10.6 Å². The van der Waals surface area contributed by atoms with Gasteiger partial charge in [0.15, 0.2) is 12.6 Å². The maximum absolute atomic E-state index is 13.4. The lowest BCUT2D eigenvalue weighted by molar-refractivity contribution is -0.386. The number of nitrogens with one attached hydrogen (secondary N) is 2. The highest BCUT2D eigenvalue weighted by Gasteiger charge is 2.60. The van der Waals surface area contributed by atoms with Crippen molar-refractivity contribution in [3.63, 3.8) is 0 Å². The summed E-state index contributed by atoms with van der Waals surface area (Å²) in [4.78, 5) is 38.4. The maximum Gasteiger partial charge on any atom is 0.364 e. The van der Waals surface area contributed by atoms with Crippen molar-refractivity contribution in [3.8, 4) is 0 Å². The van der Waals surface area contributed by atoms with E-state index in [0.29, 0.717) is 12.8 Å². The summed E-state index contributed by atoms with van der Waals surface area (Å²) in [5.74, 6) is -6.14. The molecular formula is C59H108N2O21. The lowest BCUT2D eigenvalue weighted by Crippen LogP contribution is -2.70. The van der Waals surface area contributed by atoms with E-state index in [1.54, 1.807) is 6.08 Å². The number of hydrogen-bond acceptors (Lipinski definition) is 20. The van der Waals surface area contributed by atoms with E-state index in [1.165, 1.54) is 116 Å². The normalized spacial score (nSPS) is 30.2. The van der Waals surface area contributed by atoms with Gasteiger partial charge in [0.1, 0.15) is 67.1 Å². The van der Waals surface area contributed by atoms with E-state index in [1.807, 2.05) is 6.08 Å². The largest absolute Gasteiger partial charge is 0.477 e. The van der Waals surface area contributed by atoms with Gasteiger partial charge in [-0.3, -0.25) is 9.59 Å². The molecule has 3 heterocycles. The monoisotopic (exact) mass is 1180 g/mol. The topological polar surface area (TPSA) is 373 Å². The molecule has 0 spiro atoms. The molecule has 0 aromatic rings. The average Bonchev–Trinajstić information content (AvgIpc) is 3.65. The minimum Gasteiger partial charge on any atom is -0.477 e. The van der Waals surface area contributed by atoms with Crippen LogP contribution in [-0.4, -0.2) is 215 Å². The Kier molecular flexibility index (Phi) is 37.4. The summed E-state index contributed by atoms with van der Waals surface area (Å²) in [7, 11) is 0. The molecule has 0 bridgehead atoms. The molecule has 18 unspecified atom stereocenters. The van der Waals surface area contributed by atoms with E-state index in [-0.39, 0.29) is 12.3 Å². The van der Waals surface area contributed by atoms with Gasteiger partial charge < -0.3 is 100 Å². The van der Waals surface area contributed by atoms with Crippen LogP contribution in [0.25, 0.3) is 0 Å². The molecule has 3 aliphatic heterocycles. The molecule has 18 atom stereocenters. The Hall–Kier alpha value is -2.53. The van der Waals surface area contributed by atoms with E-state index in [0.717, 1.165) is 51.9 Å². The molecule has 0 aromatic carbocycles. The number of carbonyl (C=O) groups is 3. The second kappa shape index (κ2) is 41.5. The van der Waals surface area contributed by atoms with Crippen molar-refractivity contribution in [2.24, 2.45) is 0 Å². The van der Waals surface area contributed by atoms with Crippen LogP contribution < -0.4 is 10.6 Å². The molecule has 0 aromatic heterocycles. The molecule has 3 fully saturated rings. The molecule has 0 radical (unpaired) electrons. The van der Waals surface area contributed by atoms with Gasteiger partial charge in [-0.25, -0.2) is 4.79 Å². The third kappa shape index (κ3) is 25.4. The van der Waals surface area contributed by atoms with Crippen LogP contribution in [0.15, 0.2) is 12.2 Å². The molecule has 3 rings (SSSR count). The number of aliphatic carboxylic acids is 1. The summed E-state index contributed by atoms with van der Waals surface area (Å²) in [5, 5.41) is 135. The number of rotatable bonds is 45. The van der Waals surface area contributed by atoms with Crippen molar-refractivity contribution in [3.05, 3.63) is 12.2 Å². The third-order valence-electron chi connectivity index (χ3n) is 16.0. The van der Waals surface area contributed by atoms with Crippen LogP contribution in [0.3, 0.4) is 0 Å². The Morgan fingerprint density at radius 3 is 1.62 bits per heavy atom. The van der Waals surface area contributed by atoms with Gasteiger partial charge in [0.2, 0.25) is 11.8 Å². The van der Waals surface area contributed by atoms with Crippen LogP contribution >= 0.6 is 0 Å². The fraction of sp³-hybridized carbons (Fsp3) is 0.915. The van der Waals surface area contributed by atoms with Gasteiger partial charge in [0.05, 0.1) is 50.7 Å². The van der Waals surface area contributed by atoms with Crippen molar-refractivity contribution in [1.29, 1.82) is 0 Å². The summed E-state index contributed by atoms with van der Waals surface area (Å²) in [6.45, 7) is 2.10. The van der Waals surface area contributed by atoms with Crippen molar-refractivity contribution >= 4 is 17.8 Å². The van der Waals surface area contributed by atoms with E-state index in [4.69, 9.17) is 28.4 Å². The number of unbranched alkanes of at least 4 members (excludes halogenated alkanes) is 25. The first kappa shape index (κ1) is 73.7. The number of carboxylic acids is 1. The molecule has 3 aliphatic rings. The Balaban J connectivity index is 1.67. The summed E-state index contributed by atoms with van der Waals surface area (Å²) in [5.41, 5.74) is 0. The summed E-state index contributed by atoms with van der Waals surface area (Å²) >= 11 is 0. The van der Waals surface area contributed by atoms with Crippen LogP contribution in [0.2, 0.25) is 0 Å². The van der Waals surface area contributed by atoms with Crippen molar-refractivity contribution < 1.29 is 104 Å². The van der Waals surface area contributed by atoms with Crippen molar-refractivity contribution in [2.45, 2.75) is 317 Å². The number of carboxylic acid groups (broad SMARTS) is 1. The molecule has 3 saturated heterocycles. The average molecular weight is 1180 g/mol. The number of allylic oxidation sites excluding steroid dienone is 1. The van der Waals surface area contributed by atoms with Crippen LogP contribution in [0, 0.1) is 0 Å². The lowest BCUT2D eigenvalue weighted by atomic mass is 9.88. The molecule has 23 nitrogen and oxygen atoms in total. The molecule has 23 heteroatoms. The minimum absolute atomic E-state index is 0.204. The molecule has 14 N–H and O–H groups in total. The standard InChI is InChI=1S/C59H108N2O21/c1-4-6-8-10-12-14-16-18-19-21-23-25-27-29-31-33-46(69)61-40(41(66)32-30-28-26-24-22-20-17-15-13-11-9-7-5-2)38-77-56-51(73)50(72)53(45(37-64)79-56)80-57-52(74)55(49(71)44(36-63)78-57)82-59(58(75)76)34-42(67)47(60-39(3)65)54(81-59)48(70)43(68)35-62/h30,32,40-45,47-57,62-64,66-68,70-74H,4-29,31,33-38H2,1-3H3,(H,60,65)(H,61,69)(H,75,76)/b32-30+. The second-order valence-electron chi connectivity index (χ2n) is 22.9. The van der Waals surface area contributed by atoms with Crippen LogP contribution in [0.5, 0.6) is 0 Å². The van der Waals surface area contributed by atoms with Crippen LogP contribution in [0.1, 0.15) is 207 Å². The SMILES string of the molecule is CCCCCCCCCCCCC/C=C/C(O)C(COC1OC(CO)C(OC2OC(CO)C(O)C(OC3(C(=O)O)CC(O)C(NC(C)=O)C(C(O)C(O)CO)O3)C2O)C(O)C1O)NC(=O)CCCCCCCCCCCCCCCCC. The minimum atomic E-state index is -3.08.